The molecule has 2 nitrogen and oxygen atoms in total. The lowest BCUT2D eigenvalue weighted by molar-refractivity contribution is -0.141. The van der Waals surface area contributed by atoms with Gasteiger partial charge in [0, 0.05) is 11.5 Å². The Bertz CT molecular complexity index is 502. The van der Waals surface area contributed by atoms with Crippen LogP contribution < -0.4 is 0 Å². The van der Waals surface area contributed by atoms with Crippen LogP contribution in [-0.4, -0.2) is 9.78 Å². The fraction of sp³-hybridized carbons (Fsp3) is 0.182. The summed E-state index contributed by atoms with van der Waals surface area (Å²) in [7, 11) is 0. The first kappa shape index (κ1) is 12.2. The molecule has 0 amide bonds. The van der Waals surface area contributed by atoms with Gasteiger partial charge >= 0.3 is 6.18 Å². The van der Waals surface area contributed by atoms with Crippen LogP contribution in [0.25, 0.3) is 5.69 Å². The molecular weight excluding hydrogens is 297 g/mol. The van der Waals surface area contributed by atoms with Crippen molar-refractivity contribution >= 4 is 15.9 Å². The maximum Gasteiger partial charge on any atom is 0.435 e. The highest BCUT2D eigenvalue weighted by Gasteiger charge is 2.33. The monoisotopic (exact) mass is 304 g/mol. The van der Waals surface area contributed by atoms with Gasteiger partial charge in [0.1, 0.15) is 0 Å². The van der Waals surface area contributed by atoms with Crippen molar-refractivity contribution in [3.05, 3.63) is 47.8 Å². The van der Waals surface area contributed by atoms with E-state index in [4.69, 9.17) is 0 Å². The molecule has 90 valence electrons. The average molecular weight is 305 g/mol. The molecule has 1 aromatic carbocycles. The van der Waals surface area contributed by atoms with Gasteiger partial charge in [-0.1, -0.05) is 28.1 Å². The zero-order chi connectivity index (χ0) is 12.5. The zero-order valence-corrected chi connectivity index (χ0v) is 10.2. The van der Waals surface area contributed by atoms with E-state index in [2.05, 4.69) is 21.0 Å². The van der Waals surface area contributed by atoms with E-state index in [0.29, 0.717) is 11.0 Å². The first-order chi connectivity index (χ1) is 8.00. The third-order valence-electron chi connectivity index (χ3n) is 2.23. The van der Waals surface area contributed by atoms with Crippen LogP contribution in [0.1, 0.15) is 11.3 Å². The zero-order valence-electron chi connectivity index (χ0n) is 8.58. The Morgan fingerprint density at radius 3 is 2.24 bits per heavy atom. The maximum absolute atomic E-state index is 12.4. The molecule has 1 heterocycles. The Morgan fingerprint density at radius 1 is 1.12 bits per heavy atom. The van der Waals surface area contributed by atoms with E-state index < -0.39 is 11.9 Å². The minimum Gasteiger partial charge on any atom is -0.240 e. The first-order valence-electron chi connectivity index (χ1n) is 4.79. The summed E-state index contributed by atoms with van der Waals surface area (Å²) in [6.45, 7) is 0. The summed E-state index contributed by atoms with van der Waals surface area (Å²) in [5.74, 6) is 0. The summed E-state index contributed by atoms with van der Waals surface area (Å²) in [6, 6.07) is 8.07. The van der Waals surface area contributed by atoms with Gasteiger partial charge in [-0.3, -0.25) is 0 Å². The molecule has 0 bridgehead atoms. The largest absolute Gasteiger partial charge is 0.435 e. The summed E-state index contributed by atoms with van der Waals surface area (Å²) >= 11 is 3.30. The van der Waals surface area contributed by atoms with E-state index in [0.717, 1.165) is 11.6 Å². The van der Waals surface area contributed by atoms with E-state index in [1.807, 2.05) is 12.1 Å². The van der Waals surface area contributed by atoms with Gasteiger partial charge in [-0.2, -0.15) is 18.3 Å². The minimum absolute atomic E-state index is 0.602. The number of nitrogens with zero attached hydrogens (tertiary/aromatic N) is 2. The number of benzene rings is 1. The molecule has 0 unspecified atom stereocenters. The van der Waals surface area contributed by atoms with Crippen molar-refractivity contribution in [1.82, 2.24) is 9.78 Å². The topological polar surface area (TPSA) is 17.8 Å². The van der Waals surface area contributed by atoms with Gasteiger partial charge in [0.25, 0.3) is 0 Å². The van der Waals surface area contributed by atoms with Gasteiger partial charge in [-0.05, 0) is 23.8 Å². The summed E-state index contributed by atoms with van der Waals surface area (Å²) < 4.78 is 38.3. The van der Waals surface area contributed by atoms with Gasteiger partial charge in [-0.25, -0.2) is 4.68 Å². The highest BCUT2D eigenvalue weighted by molar-refractivity contribution is 9.08. The predicted molar refractivity (Wildman–Crippen MR) is 61.2 cm³/mol. The fourth-order valence-electron chi connectivity index (χ4n) is 1.36. The third kappa shape index (κ3) is 2.69. The lowest BCUT2D eigenvalue weighted by Gasteiger charge is -2.03. The first-order valence-corrected chi connectivity index (χ1v) is 5.91. The molecular formula is C11H8BrF3N2. The van der Waals surface area contributed by atoms with Crippen LogP contribution in [0.15, 0.2) is 36.5 Å². The Hall–Kier alpha value is -1.30. The van der Waals surface area contributed by atoms with Crippen molar-refractivity contribution in [2.24, 2.45) is 0 Å². The number of hydrogen-bond donors (Lipinski definition) is 0. The molecule has 6 heteroatoms. The van der Waals surface area contributed by atoms with Crippen LogP contribution >= 0.6 is 15.9 Å². The molecule has 0 N–H and O–H groups in total. The minimum atomic E-state index is -4.40. The number of halogens is 4. The average Bonchev–Trinajstić information content (AvgIpc) is 2.78. The van der Waals surface area contributed by atoms with Gasteiger partial charge < -0.3 is 0 Å². The molecule has 0 saturated carbocycles. The fourth-order valence-corrected chi connectivity index (χ4v) is 1.73. The summed E-state index contributed by atoms with van der Waals surface area (Å²) in [6.07, 6.45) is -3.10. The molecule has 0 aliphatic heterocycles. The molecule has 0 saturated heterocycles. The summed E-state index contributed by atoms with van der Waals surface area (Å²) in [4.78, 5) is 0. The van der Waals surface area contributed by atoms with Crippen LogP contribution in [0.2, 0.25) is 0 Å². The molecule has 1 aromatic heterocycles. The Balaban J connectivity index is 2.30. The molecule has 0 aliphatic carbocycles. The van der Waals surface area contributed by atoms with Crippen molar-refractivity contribution in [2.45, 2.75) is 11.5 Å². The lowest BCUT2D eigenvalue weighted by atomic mass is 10.2. The van der Waals surface area contributed by atoms with Crippen molar-refractivity contribution in [3.63, 3.8) is 0 Å². The van der Waals surface area contributed by atoms with Crippen LogP contribution in [-0.2, 0) is 11.5 Å². The van der Waals surface area contributed by atoms with Crippen molar-refractivity contribution in [2.75, 3.05) is 0 Å². The number of aromatic nitrogens is 2. The van der Waals surface area contributed by atoms with Crippen molar-refractivity contribution in [3.8, 4) is 5.69 Å². The van der Waals surface area contributed by atoms with Crippen molar-refractivity contribution < 1.29 is 13.2 Å². The van der Waals surface area contributed by atoms with Gasteiger partial charge in [0.2, 0.25) is 0 Å². The SMILES string of the molecule is FC(F)(F)c1ccn(-c2ccc(CBr)cc2)n1. The number of alkyl halides is 4. The third-order valence-corrected chi connectivity index (χ3v) is 2.88. The molecule has 2 aromatic rings. The molecule has 0 radical (unpaired) electrons. The van der Waals surface area contributed by atoms with E-state index in [9.17, 15) is 13.2 Å². The van der Waals surface area contributed by atoms with Crippen LogP contribution in [0.4, 0.5) is 13.2 Å². The smallest absolute Gasteiger partial charge is 0.240 e. The molecule has 0 fully saturated rings. The molecule has 0 spiro atoms. The van der Waals surface area contributed by atoms with Gasteiger partial charge in [-0.15, -0.1) is 0 Å². The Morgan fingerprint density at radius 2 is 1.76 bits per heavy atom. The summed E-state index contributed by atoms with van der Waals surface area (Å²) in [5.41, 5.74) is 0.768. The van der Waals surface area contributed by atoms with Crippen LogP contribution in [0, 0.1) is 0 Å². The lowest BCUT2D eigenvalue weighted by Crippen LogP contribution is -2.07. The highest BCUT2D eigenvalue weighted by atomic mass is 79.9. The van der Waals surface area contributed by atoms with E-state index >= 15 is 0 Å². The maximum atomic E-state index is 12.4. The van der Waals surface area contributed by atoms with E-state index in [-0.39, 0.29) is 0 Å². The molecule has 0 aliphatic rings. The van der Waals surface area contributed by atoms with E-state index in [1.165, 1.54) is 10.9 Å². The normalized spacial score (nSPS) is 11.8. The highest BCUT2D eigenvalue weighted by Crippen LogP contribution is 2.27. The quantitative estimate of drug-likeness (QED) is 0.772. The van der Waals surface area contributed by atoms with Crippen LogP contribution in [0.5, 0.6) is 0 Å². The second kappa shape index (κ2) is 4.52. The van der Waals surface area contributed by atoms with Gasteiger partial charge in [0.15, 0.2) is 5.69 Å². The second-order valence-corrected chi connectivity index (χ2v) is 4.00. The van der Waals surface area contributed by atoms with E-state index in [1.54, 1.807) is 12.1 Å². The Kier molecular flexibility index (Phi) is 3.24. The van der Waals surface area contributed by atoms with Gasteiger partial charge in [0.05, 0.1) is 5.69 Å². The molecule has 2 rings (SSSR count). The predicted octanol–water partition coefficient (Wildman–Crippen LogP) is 3.79. The number of rotatable bonds is 2. The molecule has 17 heavy (non-hydrogen) atoms. The second-order valence-electron chi connectivity index (χ2n) is 3.44. The van der Waals surface area contributed by atoms with Crippen LogP contribution in [0.3, 0.4) is 0 Å². The standard InChI is InChI=1S/C11H8BrF3N2/c12-7-8-1-3-9(4-2-8)17-6-5-10(16-17)11(13,14)15/h1-6H,7H2. The summed E-state index contributed by atoms with van der Waals surface area (Å²) in [5, 5.41) is 4.20. The van der Waals surface area contributed by atoms with Crippen molar-refractivity contribution in [1.29, 1.82) is 0 Å². The Labute approximate surface area is 104 Å². The molecule has 0 atom stereocenters. The number of hydrogen-bond acceptors (Lipinski definition) is 1.